The molecule has 0 bridgehead atoms. The molecule has 5 nitrogen and oxygen atoms in total. The van der Waals surface area contributed by atoms with Crippen molar-refractivity contribution < 1.29 is 14.3 Å². The van der Waals surface area contributed by atoms with Gasteiger partial charge in [0.15, 0.2) is 0 Å². The first kappa shape index (κ1) is 17.5. The molecule has 0 aliphatic carbocycles. The molecule has 1 aliphatic rings. The van der Waals surface area contributed by atoms with E-state index in [1.807, 2.05) is 56.3 Å². The minimum atomic E-state index is -0.264. The molecule has 2 heterocycles. The third kappa shape index (κ3) is 3.66. The Morgan fingerprint density at radius 3 is 2.93 bits per heavy atom. The van der Waals surface area contributed by atoms with Crippen molar-refractivity contribution >= 4 is 22.9 Å². The predicted molar refractivity (Wildman–Crippen MR) is 107 cm³/mol. The highest BCUT2D eigenvalue weighted by molar-refractivity contribution is 7.13. The van der Waals surface area contributed by atoms with Crippen molar-refractivity contribution in [3.8, 4) is 22.1 Å². The number of thiazole rings is 1. The maximum Gasteiger partial charge on any atom is 0.275 e. The molecule has 6 heteroatoms. The number of fused-ring (bicyclic) bond motifs is 1. The lowest BCUT2D eigenvalue weighted by Crippen LogP contribution is -2.13. The summed E-state index contributed by atoms with van der Waals surface area (Å²) in [7, 11) is 0. The SMILES string of the molecule is CCOc1cc2c(cc1NC(=O)c1csc(-c3ccccc3)n1)OC(C)C2. The highest BCUT2D eigenvalue weighted by atomic mass is 32.1. The zero-order valence-corrected chi connectivity index (χ0v) is 16.0. The molecule has 1 unspecified atom stereocenters. The first-order valence-electron chi connectivity index (χ1n) is 8.92. The van der Waals surface area contributed by atoms with Gasteiger partial charge in [-0.15, -0.1) is 11.3 Å². The van der Waals surface area contributed by atoms with Crippen molar-refractivity contribution in [2.24, 2.45) is 0 Å². The predicted octanol–water partition coefficient (Wildman–Crippen LogP) is 4.78. The molecule has 1 atom stereocenters. The molecule has 2 aromatic carbocycles. The average Bonchev–Trinajstić information content (AvgIpc) is 3.29. The van der Waals surface area contributed by atoms with Crippen molar-refractivity contribution in [2.45, 2.75) is 26.4 Å². The first-order chi connectivity index (χ1) is 13.1. The maximum atomic E-state index is 12.7. The van der Waals surface area contributed by atoms with E-state index in [0.29, 0.717) is 23.7 Å². The molecule has 0 radical (unpaired) electrons. The highest BCUT2D eigenvalue weighted by Gasteiger charge is 2.23. The summed E-state index contributed by atoms with van der Waals surface area (Å²) in [5.74, 6) is 1.19. The Hall–Kier alpha value is -2.86. The summed E-state index contributed by atoms with van der Waals surface area (Å²) in [4.78, 5) is 17.2. The van der Waals surface area contributed by atoms with Crippen molar-refractivity contribution in [1.29, 1.82) is 0 Å². The fourth-order valence-electron chi connectivity index (χ4n) is 3.09. The van der Waals surface area contributed by atoms with Crippen LogP contribution in [0, 0.1) is 0 Å². The lowest BCUT2D eigenvalue weighted by molar-refractivity contribution is 0.102. The second-order valence-corrected chi connectivity index (χ2v) is 7.24. The van der Waals surface area contributed by atoms with Crippen LogP contribution in [0.3, 0.4) is 0 Å². The van der Waals surface area contributed by atoms with Crippen LogP contribution in [0.15, 0.2) is 47.8 Å². The van der Waals surface area contributed by atoms with E-state index >= 15 is 0 Å². The largest absolute Gasteiger partial charge is 0.492 e. The minimum absolute atomic E-state index is 0.132. The van der Waals surface area contributed by atoms with Crippen LogP contribution in [0.2, 0.25) is 0 Å². The molecule has 4 rings (SSSR count). The van der Waals surface area contributed by atoms with Crippen LogP contribution in [0.1, 0.15) is 29.9 Å². The third-order valence-corrected chi connectivity index (χ3v) is 5.20. The molecular weight excluding hydrogens is 360 g/mol. The topological polar surface area (TPSA) is 60.5 Å². The number of hydrogen-bond acceptors (Lipinski definition) is 5. The van der Waals surface area contributed by atoms with Gasteiger partial charge >= 0.3 is 0 Å². The minimum Gasteiger partial charge on any atom is -0.492 e. The average molecular weight is 380 g/mol. The van der Waals surface area contributed by atoms with Crippen LogP contribution < -0.4 is 14.8 Å². The molecule has 1 aromatic heterocycles. The number of nitrogens with zero attached hydrogens (tertiary/aromatic N) is 1. The third-order valence-electron chi connectivity index (χ3n) is 4.30. The number of hydrogen-bond donors (Lipinski definition) is 1. The molecule has 138 valence electrons. The number of carbonyl (C=O) groups is 1. The zero-order valence-electron chi connectivity index (χ0n) is 15.2. The number of benzene rings is 2. The Labute approximate surface area is 162 Å². The van der Waals surface area contributed by atoms with Gasteiger partial charge in [0.2, 0.25) is 0 Å². The number of ether oxygens (including phenoxy) is 2. The number of aromatic nitrogens is 1. The van der Waals surface area contributed by atoms with E-state index in [4.69, 9.17) is 9.47 Å². The van der Waals surface area contributed by atoms with E-state index < -0.39 is 0 Å². The molecule has 0 fully saturated rings. The monoisotopic (exact) mass is 380 g/mol. The van der Waals surface area contributed by atoms with Crippen LogP contribution in [0.4, 0.5) is 5.69 Å². The molecule has 3 aromatic rings. The number of anilines is 1. The molecule has 1 N–H and O–H groups in total. The van der Waals surface area contributed by atoms with Gasteiger partial charge in [0.25, 0.3) is 5.91 Å². The number of amides is 1. The second kappa shape index (κ2) is 7.40. The van der Waals surface area contributed by atoms with Gasteiger partial charge in [0, 0.05) is 29.0 Å². The van der Waals surface area contributed by atoms with Crippen LogP contribution in [0.25, 0.3) is 10.6 Å². The van der Waals surface area contributed by atoms with E-state index in [2.05, 4.69) is 10.3 Å². The summed E-state index contributed by atoms with van der Waals surface area (Å²) in [5, 5.41) is 5.51. The Balaban J connectivity index is 1.58. The second-order valence-electron chi connectivity index (χ2n) is 6.38. The lowest BCUT2D eigenvalue weighted by atomic mass is 10.1. The van der Waals surface area contributed by atoms with Crippen LogP contribution >= 0.6 is 11.3 Å². The Bertz CT molecular complexity index is 969. The summed E-state index contributed by atoms with van der Waals surface area (Å²) in [6, 6.07) is 13.6. The van der Waals surface area contributed by atoms with E-state index in [0.717, 1.165) is 28.3 Å². The molecule has 1 aliphatic heterocycles. The zero-order chi connectivity index (χ0) is 18.8. The number of nitrogens with one attached hydrogen (secondary N) is 1. The molecule has 27 heavy (non-hydrogen) atoms. The smallest absolute Gasteiger partial charge is 0.275 e. The van der Waals surface area contributed by atoms with Gasteiger partial charge in [-0.25, -0.2) is 4.98 Å². The van der Waals surface area contributed by atoms with E-state index in [1.165, 1.54) is 11.3 Å². The Morgan fingerprint density at radius 1 is 1.33 bits per heavy atom. The van der Waals surface area contributed by atoms with Gasteiger partial charge < -0.3 is 14.8 Å². The molecule has 1 amide bonds. The van der Waals surface area contributed by atoms with Crippen molar-refractivity contribution in [2.75, 3.05) is 11.9 Å². The summed E-state index contributed by atoms with van der Waals surface area (Å²) in [5.41, 5.74) is 3.08. The molecular formula is C21H20N2O3S. The van der Waals surface area contributed by atoms with E-state index in [-0.39, 0.29) is 12.0 Å². The summed E-state index contributed by atoms with van der Waals surface area (Å²) in [6.07, 6.45) is 0.975. The van der Waals surface area contributed by atoms with Crippen LogP contribution in [-0.2, 0) is 6.42 Å². The van der Waals surface area contributed by atoms with Crippen LogP contribution in [0.5, 0.6) is 11.5 Å². The van der Waals surface area contributed by atoms with Crippen molar-refractivity contribution in [3.63, 3.8) is 0 Å². The number of carbonyl (C=O) groups excluding carboxylic acids is 1. The van der Waals surface area contributed by atoms with Crippen LogP contribution in [-0.4, -0.2) is 23.6 Å². The highest BCUT2D eigenvalue weighted by Crippen LogP contribution is 2.38. The van der Waals surface area contributed by atoms with Gasteiger partial charge in [-0.1, -0.05) is 30.3 Å². The normalized spacial score (nSPS) is 15.1. The van der Waals surface area contributed by atoms with Crippen molar-refractivity contribution in [1.82, 2.24) is 4.98 Å². The Kier molecular flexibility index (Phi) is 4.81. The molecule has 0 spiro atoms. The van der Waals surface area contributed by atoms with E-state index in [1.54, 1.807) is 5.38 Å². The summed E-state index contributed by atoms with van der Waals surface area (Å²) < 4.78 is 11.5. The van der Waals surface area contributed by atoms with Gasteiger partial charge in [-0.3, -0.25) is 4.79 Å². The fraction of sp³-hybridized carbons (Fsp3) is 0.238. The number of rotatable bonds is 5. The summed E-state index contributed by atoms with van der Waals surface area (Å²) in [6.45, 7) is 4.47. The standard InChI is InChI=1S/C21H20N2O3S/c1-3-25-19-10-15-9-13(2)26-18(15)11-16(19)22-20(24)17-12-27-21(23-17)14-7-5-4-6-8-14/h4-8,10-13H,3,9H2,1-2H3,(H,22,24). The van der Waals surface area contributed by atoms with Gasteiger partial charge in [-0.05, 0) is 19.9 Å². The van der Waals surface area contributed by atoms with Gasteiger partial charge in [0.05, 0.1) is 12.3 Å². The summed E-state index contributed by atoms with van der Waals surface area (Å²) >= 11 is 1.45. The molecule has 0 saturated carbocycles. The van der Waals surface area contributed by atoms with Gasteiger partial charge in [0.1, 0.15) is 28.3 Å². The lowest BCUT2D eigenvalue weighted by Gasteiger charge is -2.13. The Morgan fingerprint density at radius 2 is 2.15 bits per heavy atom. The van der Waals surface area contributed by atoms with Crippen molar-refractivity contribution in [3.05, 3.63) is 59.1 Å². The van der Waals surface area contributed by atoms with E-state index in [9.17, 15) is 4.79 Å². The van der Waals surface area contributed by atoms with Gasteiger partial charge in [-0.2, -0.15) is 0 Å². The molecule has 0 saturated heterocycles. The fourth-order valence-corrected chi connectivity index (χ4v) is 3.90. The quantitative estimate of drug-likeness (QED) is 0.692. The maximum absolute atomic E-state index is 12.7. The first-order valence-corrected chi connectivity index (χ1v) is 9.80.